The molecule has 7 nitrogen and oxygen atoms in total. The molecule has 0 atom stereocenters. The maximum absolute atomic E-state index is 12.3. The number of hydrogen-bond donors (Lipinski definition) is 2. The average molecular weight is 301 g/mol. The van der Waals surface area contributed by atoms with Gasteiger partial charge < -0.3 is 9.88 Å². The Bertz CT molecular complexity index is 720. The first-order valence-electron chi connectivity index (χ1n) is 7.47. The zero-order chi connectivity index (χ0) is 15.5. The number of aromatic amines is 2. The third-order valence-electron chi connectivity index (χ3n) is 3.96. The van der Waals surface area contributed by atoms with Gasteiger partial charge in [-0.2, -0.15) is 5.10 Å². The zero-order valence-corrected chi connectivity index (χ0v) is 12.6. The van der Waals surface area contributed by atoms with Crippen molar-refractivity contribution < 1.29 is 4.79 Å². The summed E-state index contributed by atoms with van der Waals surface area (Å²) in [6, 6.07) is 0. The fourth-order valence-corrected chi connectivity index (χ4v) is 2.79. The molecule has 2 aromatic rings. The van der Waals surface area contributed by atoms with Gasteiger partial charge >= 0.3 is 0 Å². The van der Waals surface area contributed by atoms with Gasteiger partial charge in [-0.15, -0.1) is 0 Å². The first-order chi connectivity index (χ1) is 10.6. The number of aromatic nitrogens is 4. The van der Waals surface area contributed by atoms with Crippen LogP contribution in [0, 0.1) is 6.92 Å². The molecule has 0 aromatic carbocycles. The van der Waals surface area contributed by atoms with Gasteiger partial charge in [0.15, 0.2) is 0 Å². The van der Waals surface area contributed by atoms with Crippen molar-refractivity contribution in [2.24, 2.45) is 0 Å². The highest BCUT2D eigenvalue weighted by molar-refractivity contribution is 5.76. The van der Waals surface area contributed by atoms with E-state index in [1.165, 1.54) is 0 Å². The first kappa shape index (κ1) is 14.5. The normalized spacial score (nSPS) is 14.0. The number of hydrogen-bond acceptors (Lipinski definition) is 4. The van der Waals surface area contributed by atoms with Crippen molar-refractivity contribution in [2.75, 3.05) is 6.54 Å². The van der Waals surface area contributed by atoms with E-state index >= 15 is 0 Å². The lowest BCUT2D eigenvalue weighted by atomic mass is 10.1. The molecule has 0 spiro atoms. The molecule has 1 aliphatic heterocycles. The van der Waals surface area contributed by atoms with E-state index < -0.39 is 0 Å². The fraction of sp³-hybridized carbons (Fsp3) is 0.467. The maximum Gasteiger partial charge on any atom is 0.254 e. The summed E-state index contributed by atoms with van der Waals surface area (Å²) in [7, 11) is 0. The van der Waals surface area contributed by atoms with E-state index in [0.717, 1.165) is 24.1 Å². The average Bonchev–Trinajstić information content (AvgIpc) is 2.99. The second-order valence-corrected chi connectivity index (χ2v) is 5.60. The highest BCUT2D eigenvalue weighted by Gasteiger charge is 2.23. The van der Waals surface area contributed by atoms with E-state index in [4.69, 9.17) is 0 Å². The van der Waals surface area contributed by atoms with Gasteiger partial charge in [-0.05, 0) is 31.7 Å². The molecule has 3 heterocycles. The molecule has 1 aliphatic rings. The Labute approximate surface area is 127 Å². The molecule has 0 fully saturated rings. The van der Waals surface area contributed by atoms with Crippen LogP contribution in [0.3, 0.4) is 0 Å². The predicted octanol–water partition coefficient (Wildman–Crippen LogP) is 0.709. The van der Waals surface area contributed by atoms with E-state index in [2.05, 4.69) is 20.2 Å². The van der Waals surface area contributed by atoms with Gasteiger partial charge in [-0.25, -0.2) is 4.98 Å². The van der Waals surface area contributed by atoms with Gasteiger partial charge in [-0.1, -0.05) is 0 Å². The van der Waals surface area contributed by atoms with Crippen LogP contribution in [0.1, 0.15) is 35.5 Å². The molecular formula is C15H19N5O2. The minimum Gasteiger partial charge on any atom is -0.336 e. The molecular weight excluding hydrogens is 282 g/mol. The smallest absolute Gasteiger partial charge is 0.254 e. The summed E-state index contributed by atoms with van der Waals surface area (Å²) in [5.41, 5.74) is 2.49. The zero-order valence-electron chi connectivity index (χ0n) is 12.6. The van der Waals surface area contributed by atoms with Gasteiger partial charge in [0.25, 0.3) is 5.56 Å². The maximum atomic E-state index is 12.3. The van der Waals surface area contributed by atoms with Crippen LogP contribution in [0.15, 0.2) is 17.2 Å². The summed E-state index contributed by atoms with van der Waals surface area (Å²) in [6.07, 6.45) is 6.34. The number of fused-ring (bicyclic) bond motifs is 1. The molecule has 2 aromatic heterocycles. The molecule has 0 bridgehead atoms. The fourth-order valence-electron chi connectivity index (χ4n) is 2.79. The van der Waals surface area contributed by atoms with E-state index in [1.54, 1.807) is 18.0 Å². The number of carbonyl (C=O) groups excluding carboxylic acids is 1. The van der Waals surface area contributed by atoms with Crippen LogP contribution < -0.4 is 5.56 Å². The number of nitrogens with one attached hydrogen (secondary N) is 2. The number of nitrogens with zero attached hydrogens (tertiary/aromatic N) is 3. The third kappa shape index (κ3) is 3.08. The summed E-state index contributed by atoms with van der Waals surface area (Å²) in [6.45, 7) is 2.78. The van der Waals surface area contributed by atoms with Gasteiger partial charge in [0.05, 0.1) is 18.4 Å². The highest BCUT2D eigenvalue weighted by Crippen LogP contribution is 2.15. The van der Waals surface area contributed by atoms with Crippen molar-refractivity contribution in [1.82, 2.24) is 25.1 Å². The van der Waals surface area contributed by atoms with E-state index in [0.29, 0.717) is 37.3 Å². The van der Waals surface area contributed by atoms with Gasteiger partial charge in [-0.3, -0.25) is 14.7 Å². The molecule has 2 N–H and O–H groups in total. The quantitative estimate of drug-likeness (QED) is 0.869. The van der Waals surface area contributed by atoms with Gasteiger partial charge in [0, 0.05) is 24.7 Å². The van der Waals surface area contributed by atoms with Crippen molar-refractivity contribution in [2.45, 2.75) is 39.2 Å². The van der Waals surface area contributed by atoms with Crippen LogP contribution in [-0.4, -0.2) is 37.5 Å². The lowest BCUT2D eigenvalue weighted by Crippen LogP contribution is -2.39. The van der Waals surface area contributed by atoms with E-state index in [-0.39, 0.29) is 11.5 Å². The lowest BCUT2D eigenvalue weighted by Gasteiger charge is -2.27. The Balaban J connectivity index is 1.59. The lowest BCUT2D eigenvalue weighted by molar-refractivity contribution is -0.132. The highest BCUT2D eigenvalue weighted by atomic mass is 16.2. The largest absolute Gasteiger partial charge is 0.336 e. The SMILES string of the molecule is Cc1nc2c(c(=O)[nH]1)CCN(C(=O)CCCc1cn[nH]c1)C2. The van der Waals surface area contributed by atoms with Gasteiger partial charge in [0.1, 0.15) is 5.82 Å². The van der Waals surface area contributed by atoms with Crippen molar-refractivity contribution in [3.63, 3.8) is 0 Å². The van der Waals surface area contributed by atoms with Crippen molar-refractivity contribution >= 4 is 5.91 Å². The summed E-state index contributed by atoms with van der Waals surface area (Å²) < 4.78 is 0. The van der Waals surface area contributed by atoms with E-state index in [9.17, 15) is 9.59 Å². The molecule has 116 valence electrons. The molecule has 3 rings (SSSR count). The first-order valence-corrected chi connectivity index (χ1v) is 7.47. The Kier molecular flexibility index (Phi) is 4.04. The molecule has 7 heteroatoms. The molecule has 0 saturated carbocycles. The molecule has 0 unspecified atom stereocenters. The van der Waals surface area contributed by atoms with E-state index in [1.807, 2.05) is 6.20 Å². The minimum absolute atomic E-state index is 0.0745. The number of rotatable bonds is 4. The van der Waals surface area contributed by atoms with Crippen LogP contribution in [0.4, 0.5) is 0 Å². The molecule has 22 heavy (non-hydrogen) atoms. The molecule has 0 aliphatic carbocycles. The van der Waals surface area contributed by atoms with Crippen molar-refractivity contribution in [3.05, 3.63) is 45.4 Å². The Morgan fingerprint density at radius 1 is 1.45 bits per heavy atom. The number of amides is 1. The van der Waals surface area contributed by atoms with Crippen molar-refractivity contribution in [3.8, 4) is 0 Å². The number of aryl methyl sites for hydroxylation is 2. The standard InChI is InChI=1S/C15H19N5O2/c1-10-18-13-9-20(6-5-12(13)15(22)19-10)14(21)4-2-3-11-7-16-17-8-11/h7-8H,2-6,9H2,1H3,(H,16,17)(H,18,19,22). The van der Waals surface area contributed by atoms with Crippen LogP contribution >= 0.6 is 0 Å². The Hall–Kier alpha value is -2.44. The Morgan fingerprint density at radius 2 is 2.32 bits per heavy atom. The molecule has 1 amide bonds. The van der Waals surface area contributed by atoms with Gasteiger partial charge in [0.2, 0.25) is 5.91 Å². The summed E-state index contributed by atoms with van der Waals surface area (Å²) in [5, 5.41) is 6.66. The number of carbonyl (C=O) groups is 1. The second-order valence-electron chi connectivity index (χ2n) is 5.60. The van der Waals surface area contributed by atoms with Crippen LogP contribution in [0.5, 0.6) is 0 Å². The van der Waals surface area contributed by atoms with Crippen LogP contribution in [-0.2, 0) is 24.2 Å². The third-order valence-corrected chi connectivity index (χ3v) is 3.96. The molecule has 0 radical (unpaired) electrons. The van der Waals surface area contributed by atoms with Crippen LogP contribution in [0.2, 0.25) is 0 Å². The number of H-pyrrole nitrogens is 2. The molecule has 0 saturated heterocycles. The van der Waals surface area contributed by atoms with Crippen LogP contribution in [0.25, 0.3) is 0 Å². The van der Waals surface area contributed by atoms with Crippen molar-refractivity contribution in [1.29, 1.82) is 0 Å². The summed E-state index contributed by atoms with van der Waals surface area (Å²) >= 11 is 0. The minimum atomic E-state index is -0.0745. The summed E-state index contributed by atoms with van der Waals surface area (Å²) in [4.78, 5) is 33.0. The monoisotopic (exact) mass is 301 g/mol. The second kappa shape index (κ2) is 6.13. The summed E-state index contributed by atoms with van der Waals surface area (Å²) in [5.74, 6) is 0.715. The Morgan fingerprint density at radius 3 is 3.09 bits per heavy atom. The predicted molar refractivity (Wildman–Crippen MR) is 80.2 cm³/mol. The topological polar surface area (TPSA) is 94.7 Å².